The minimum absolute atomic E-state index is 0.135. The quantitative estimate of drug-likeness (QED) is 0.826. The molecule has 3 N–H and O–H groups in total. The molecule has 0 unspecified atom stereocenters. The van der Waals surface area contributed by atoms with Crippen molar-refractivity contribution in [2.45, 2.75) is 0 Å². The Morgan fingerprint density at radius 1 is 1.37 bits per heavy atom. The van der Waals surface area contributed by atoms with Crippen LogP contribution in [-0.2, 0) is 0 Å². The van der Waals surface area contributed by atoms with Gasteiger partial charge < -0.3 is 15.7 Å². The predicted molar refractivity (Wildman–Crippen MR) is 74.5 cm³/mol. The van der Waals surface area contributed by atoms with Crippen molar-refractivity contribution < 1.29 is 9.90 Å². The Morgan fingerprint density at radius 2 is 2.00 bits per heavy atom. The largest absolute Gasteiger partial charge is 0.508 e. The Hall–Kier alpha value is -2.27. The summed E-state index contributed by atoms with van der Waals surface area (Å²) in [4.78, 5) is 17.5. The van der Waals surface area contributed by atoms with Gasteiger partial charge in [0.05, 0.1) is 17.4 Å². The van der Waals surface area contributed by atoms with Gasteiger partial charge in [0.1, 0.15) is 10.9 Å². The summed E-state index contributed by atoms with van der Waals surface area (Å²) in [5, 5.41) is 9.43. The molecule has 1 heterocycles. The van der Waals surface area contributed by atoms with Gasteiger partial charge in [0.25, 0.3) is 5.91 Å². The van der Waals surface area contributed by atoms with Gasteiger partial charge in [-0.1, -0.05) is 11.6 Å². The number of nitrogen functional groups attached to an aromatic ring is 1. The number of pyridine rings is 1. The second kappa shape index (κ2) is 5.16. The van der Waals surface area contributed by atoms with Gasteiger partial charge in [0.15, 0.2) is 0 Å². The van der Waals surface area contributed by atoms with Crippen molar-refractivity contribution in [3.8, 4) is 5.75 Å². The van der Waals surface area contributed by atoms with Crippen LogP contribution in [0.15, 0.2) is 36.5 Å². The monoisotopic (exact) mass is 277 g/mol. The van der Waals surface area contributed by atoms with Crippen LogP contribution in [0, 0.1) is 0 Å². The highest BCUT2D eigenvalue weighted by atomic mass is 35.5. The van der Waals surface area contributed by atoms with Gasteiger partial charge in [-0.15, -0.1) is 0 Å². The van der Waals surface area contributed by atoms with Crippen molar-refractivity contribution in [3.63, 3.8) is 0 Å². The lowest BCUT2D eigenvalue weighted by Gasteiger charge is -2.18. The maximum Gasteiger partial charge on any atom is 0.260 e. The number of hydrogen-bond donors (Lipinski definition) is 2. The van der Waals surface area contributed by atoms with Gasteiger partial charge in [-0.05, 0) is 30.3 Å². The fourth-order valence-corrected chi connectivity index (χ4v) is 1.76. The third-order valence-electron chi connectivity index (χ3n) is 2.67. The van der Waals surface area contributed by atoms with Gasteiger partial charge >= 0.3 is 0 Å². The molecule has 98 valence electrons. The molecule has 2 aromatic rings. The molecule has 1 aromatic heterocycles. The van der Waals surface area contributed by atoms with Crippen LogP contribution in [0.5, 0.6) is 5.75 Å². The molecule has 0 saturated heterocycles. The van der Waals surface area contributed by atoms with Gasteiger partial charge in [-0.2, -0.15) is 0 Å². The molecule has 6 heteroatoms. The Balaban J connectivity index is 2.33. The van der Waals surface area contributed by atoms with Crippen LogP contribution in [0.1, 0.15) is 10.4 Å². The topological polar surface area (TPSA) is 79.5 Å². The van der Waals surface area contributed by atoms with Crippen LogP contribution >= 0.6 is 11.6 Å². The normalized spacial score (nSPS) is 10.2. The summed E-state index contributed by atoms with van der Waals surface area (Å²) in [6.07, 6.45) is 1.35. The fraction of sp³-hybridized carbons (Fsp3) is 0.0769. The van der Waals surface area contributed by atoms with E-state index < -0.39 is 0 Å². The van der Waals surface area contributed by atoms with E-state index in [0.29, 0.717) is 5.69 Å². The summed E-state index contributed by atoms with van der Waals surface area (Å²) in [6, 6.07) is 7.69. The summed E-state index contributed by atoms with van der Waals surface area (Å²) in [5.41, 5.74) is 6.91. The van der Waals surface area contributed by atoms with Gasteiger partial charge in [-0.25, -0.2) is 4.98 Å². The number of aromatic hydroxyl groups is 1. The summed E-state index contributed by atoms with van der Waals surface area (Å²) in [5.74, 6) is -0.163. The van der Waals surface area contributed by atoms with Crippen molar-refractivity contribution in [2.75, 3.05) is 17.7 Å². The Bertz CT molecular complexity index is 614. The average Bonchev–Trinajstić information content (AvgIpc) is 2.41. The first-order valence-electron chi connectivity index (χ1n) is 5.47. The van der Waals surface area contributed by atoms with E-state index in [-0.39, 0.29) is 28.1 Å². The van der Waals surface area contributed by atoms with Crippen molar-refractivity contribution in [1.82, 2.24) is 4.98 Å². The highest BCUT2D eigenvalue weighted by molar-refractivity contribution is 6.30. The lowest BCUT2D eigenvalue weighted by molar-refractivity contribution is 0.0993. The molecule has 0 saturated carbocycles. The van der Waals surface area contributed by atoms with Crippen LogP contribution in [0.4, 0.5) is 11.4 Å². The molecule has 0 aliphatic rings. The molecule has 1 amide bonds. The third kappa shape index (κ3) is 2.77. The number of benzene rings is 1. The first kappa shape index (κ1) is 13.2. The minimum atomic E-state index is -0.299. The molecular weight excluding hydrogens is 266 g/mol. The number of phenols is 1. The zero-order valence-electron chi connectivity index (χ0n) is 10.2. The van der Waals surface area contributed by atoms with E-state index >= 15 is 0 Å². The second-order valence-electron chi connectivity index (χ2n) is 3.97. The summed E-state index contributed by atoms with van der Waals surface area (Å²) < 4.78 is 0. The molecule has 0 fully saturated rings. The molecule has 0 atom stereocenters. The number of aromatic nitrogens is 1. The molecule has 0 bridgehead atoms. The van der Waals surface area contributed by atoms with Crippen molar-refractivity contribution in [2.24, 2.45) is 0 Å². The standard InChI is InChI=1S/C13H12ClN3O2/c1-17(8-2-4-9(18)5-3-8)13(19)10-6-12(14)16-7-11(10)15/h2-7,18H,15H2,1H3. The maximum absolute atomic E-state index is 12.3. The van der Waals surface area contributed by atoms with E-state index in [1.807, 2.05) is 0 Å². The van der Waals surface area contributed by atoms with Crippen LogP contribution in [0.2, 0.25) is 5.15 Å². The fourth-order valence-electron chi connectivity index (χ4n) is 1.60. The van der Waals surface area contributed by atoms with E-state index in [1.165, 1.54) is 29.3 Å². The number of halogens is 1. The van der Waals surface area contributed by atoms with Crippen LogP contribution in [0.3, 0.4) is 0 Å². The van der Waals surface area contributed by atoms with Gasteiger partial charge in [0.2, 0.25) is 0 Å². The number of amides is 1. The zero-order chi connectivity index (χ0) is 14.0. The molecule has 2 rings (SSSR count). The lowest BCUT2D eigenvalue weighted by Crippen LogP contribution is -2.27. The number of hydrogen-bond acceptors (Lipinski definition) is 4. The van der Waals surface area contributed by atoms with Crippen LogP contribution in [-0.4, -0.2) is 23.0 Å². The molecule has 0 spiro atoms. The molecule has 19 heavy (non-hydrogen) atoms. The van der Waals surface area contributed by atoms with E-state index in [4.69, 9.17) is 17.3 Å². The number of phenolic OH excluding ortho intramolecular Hbond substituents is 1. The lowest BCUT2D eigenvalue weighted by atomic mass is 10.2. The first-order valence-corrected chi connectivity index (χ1v) is 5.85. The summed E-state index contributed by atoms with van der Waals surface area (Å²) >= 11 is 5.76. The number of nitrogens with zero attached hydrogens (tertiary/aromatic N) is 2. The van der Waals surface area contributed by atoms with Crippen LogP contribution in [0.25, 0.3) is 0 Å². The Labute approximate surface area is 115 Å². The van der Waals surface area contributed by atoms with E-state index in [2.05, 4.69) is 4.98 Å². The second-order valence-corrected chi connectivity index (χ2v) is 4.36. The first-order chi connectivity index (χ1) is 8.99. The van der Waals surface area contributed by atoms with Gasteiger partial charge in [-0.3, -0.25) is 4.79 Å². The SMILES string of the molecule is CN(C(=O)c1cc(Cl)ncc1N)c1ccc(O)cc1. The molecular formula is C13H12ClN3O2. The average molecular weight is 278 g/mol. The smallest absolute Gasteiger partial charge is 0.260 e. The molecule has 0 aliphatic heterocycles. The summed E-state index contributed by atoms with van der Waals surface area (Å²) in [6.45, 7) is 0. The maximum atomic E-state index is 12.3. The Morgan fingerprint density at radius 3 is 2.63 bits per heavy atom. The molecule has 5 nitrogen and oxygen atoms in total. The predicted octanol–water partition coefficient (Wildman–Crippen LogP) is 2.30. The van der Waals surface area contributed by atoms with E-state index in [9.17, 15) is 9.90 Å². The molecule has 0 aliphatic carbocycles. The highest BCUT2D eigenvalue weighted by Crippen LogP contribution is 2.22. The molecule has 0 radical (unpaired) electrons. The number of carbonyl (C=O) groups excluding carboxylic acids is 1. The van der Waals surface area contributed by atoms with Gasteiger partial charge in [0, 0.05) is 12.7 Å². The van der Waals surface area contributed by atoms with Crippen LogP contribution < -0.4 is 10.6 Å². The van der Waals surface area contributed by atoms with Crippen molar-refractivity contribution >= 4 is 28.9 Å². The number of anilines is 2. The third-order valence-corrected chi connectivity index (χ3v) is 2.88. The van der Waals surface area contributed by atoms with Crippen molar-refractivity contribution in [3.05, 3.63) is 47.2 Å². The highest BCUT2D eigenvalue weighted by Gasteiger charge is 2.17. The minimum Gasteiger partial charge on any atom is -0.508 e. The molecule has 1 aromatic carbocycles. The summed E-state index contributed by atoms with van der Waals surface area (Å²) in [7, 11) is 1.61. The number of nitrogens with two attached hydrogens (primary N) is 1. The van der Waals surface area contributed by atoms with Crippen molar-refractivity contribution in [1.29, 1.82) is 0 Å². The Kier molecular flexibility index (Phi) is 3.57. The number of carbonyl (C=O) groups is 1. The van der Waals surface area contributed by atoms with E-state index in [1.54, 1.807) is 19.2 Å². The van der Waals surface area contributed by atoms with E-state index in [0.717, 1.165) is 0 Å². The number of rotatable bonds is 2. The zero-order valence-corrected chi connectivity index (χ0v) is 10.9.